The van der Waals surface area contributed by atoms with Gasteiger partial charge in [-0.25, -0.2) is 0 Å². The molecule has 0 saturated heterocycles. The minimum Gasteiger partial charge on any atom is -0.435 e. The molecule has 0 aliphatic carbocycles. The third-order valence-corrected chi connectivity index (χ3v) is 4.13. The molecule has 0 aliphatic heterocycles. The molecule has 0 fully saturated rings. The Morgan fingerprint density at radius 3 is 2.24 bits per heavy atom. The first-order valence-corrected chi connectivity index (χ1v) is 8.62. The van der Waals surface area contributed by atoms with Crippen LogP contribution in [-0.2, 0) is 9.59 Å². The van der Waals surface area contributed by atoms with E-state index in [4.69, 9.17) is 5.41 Å². The topological polar surface area (TPSA) is 107 Å². The summed E-state index contributed by atoms with van der Waals surface area (Å²) in [5, 5.41) is 13.9. The van der Waals surface area contributed by atoms with Crippen molar-refractivity contribution < 1.29 is 23.1 Å². The summed E-state index contributed by atoms with van der Waals surface area (Å²) < 4.78 is 28.6. The largest absolute Gasteiger partial charge is 0.435 e. The van der Waals surface area contributed by atoms with Gasteiger partial charge in [0.15, 0.2) is 5.92 Å². The zero-order chi connectivity index (χ0) is 21.0. The van der Waals surface area contributed by atoms with Gasteiger partial charge in [0.2, 0.25) is 11.8 Å². The normalized spacial score (nSPS) is 11.9. The Kier molecular flexibility index (Phi) is 5.87. The lowest BCUT2D eigenvalue weighted by atomic mass is 10.0. The Bertz CT molecular complexity index is 1050. The first kappa shape index (κ1) is 20.0. The van der Waals surface area contributed by atoms with Crippen molar-refractivity contribution in [1.29, 1.82) is 5.41 Å². The van der Waals surface area contributed by atoms with Gasteiger partial charge >= 0.3 is 6.61 Å². The van der Waals surface area contributed by atoms with Crippen LogP contribution in [0.3, 0.4) is 0 Å². The van der Waals surface area contributed by atoms with Crippen molar-refractivity contribution in [2.75, 3.05) is 10.6 Å². The first-order valence-electron chi connectivity index (χ1n) is 8.62. The fraction of sp³-hybridized carbons (Fsp3) is 0.150. The van der Waals surface area contributed by atoms with Gasteiger partial charge < -0.3 is 25.8 Å². The quantitative estimate of drug-likeness (QED) is 0.356. The van der Waals surface area contributed by atoms with E-state index in [9.17, 15) is 18.4 Å². The number of fused-ring (bicyclic) bond motifs is 1. The van der Waals surface area contributed by atoms with Crippen LogP contribution in [0.4, 0.5) is 20.2 Å². The number of hydrogen-bond donors (Lipinski definition) is 4. The molecule has 9 heteroatoms. The predicted octanol–water partition coefficient (Wildman–Crippen LogP) is 4.00. The number of carbonyl (C=O) groups excluding carboxylic acids is 2. The molecule has 3 rings (SSSR count). The Labute approximate surface area is 164 Å². The number of H-pyrrole nitrogens is 1. The minimum atomic E-state index is -2.95. The SMILES string of the molecule is CC(=N)C(C(=O)Nc1ccc(OC(F)F)cc1)C(=O)Nc1ccc2cc[nH]c2c1. The van der Waals surface area contributed by atoms with Crippen LogP contribution in [0.1, 0.15) is 6.92 Å². The standard InChI is InChI=1S/C20H18F2N4O3/c1-11(23)17(18(27)25-13-4-6-15(7-5-13)29-20(21)22)19(28)26-14-3-2-12-8-9-24-16(12)10-14/h2-10,17,20,23-24H,1H3,(H,25,27)(H,26,28). The van der Waals surface area contributed by atoms with Crippen LogP contribution in [0, 0.1) is 11.3 Å². The number of halogens is 2. The van der Waals surface area contributed by atoms with E-state index < -0.39 is 24.3 Å². The molecule has 3 aromatic rings. The van der Waals surface area contributed by atoms with Gasteiger partial charge in [0, 0.05) is 28.8 Å². The highest BCUT2D eigenvalue weighted by Crippen LogP contribution is 2.20. The van der Waals surface area contributed by atoms with E-state index in [0.29, 0.717) is 5.69 Å². The van der Waals surface area contributed by atoms with Crippen LogP contribution in [-0.4, -0.2) is 29.1 Å². The van der Waals surface area contributed by atoms with Crippen molar-refractivity contribution in [2.24, 2.45) is 5.92 Å². The van der Waals surface area contributed by atoms with Crippen molar-refractivity contribution in [2.45, 2.75) is 13.5 Å². The summed E-state index contributed by atoms with van der Waals surface area (Å²) in [4.78, 5) is 28.2. The van der Waals surface area contributed by atoms with Gasteiger partial charge in [0.1, 0.15) is 5.75 Å². The smallest absolute Gasteiger partial charge is 0.387 e. The van der Waals surface area contributed by atoms with Crippen molar-refractivity contribution in [3.8, 4) is 5.75 Å². The van der Waals surface area contributed by atoms with Gasteiger partial charge in [-0.2, -0.15) is 8.78 Å². The summed E-state index contributed by atoms with van der Waals surface area (Å²) in [6.07, 6.45) is 1.77. The van der Waals surface area contributed by atoms with Crippen molar-refractivity contribution in [1.82, 2.24) is 4.98 Å². The number of aromatic nitrogens is 1. The maximum Gasteiger partial charge on any atom is 0.387 e. The van der Waals surface area contributed by atoms with Crippen molar-refractivity contribution in [3.05, 3.63) is 54.7 Å². The molecule has 0 radical (unpaired) electrons. The lowest BCUT2D eigenvalue weighted by Gasteiger charge is -2.16. The second kappa shape index (κ2) is 8.51. The van der Waals surface area contributed by atoms with Crippen LogP contribution in [0.5, 0.6) is 5.75 Å². The summed E-state index contributed by atoms with van der Waals surface area (Å²) in [7, 11) is 0. The highest BCUT2D eigenvalue weighted by Gasteiger charge is 2.29. The molecule has 7 nitrogen and oxygen atoms in total. The number of nitrogens with one attached hydrogen (secondary N) is 4. The summed E-state index contributed by atoms with van der Waals surface area (Å²) in [6.45, 7) is -1.59. The average Bonchev–Trinajstić information content (AvgIpc) is 3.10. The van der Waals surface area contributed by atoms with Crippen LogP contribution >= 0.6 is 0 Å². The van der Waals surface area contributed by atoms with E-state index in [0.717, 1.165) is 10.9 Å². The second-order valence-electron chi connectivity index (χ2n) is 6.28. The van der Waals surface area contributed by atoms with Gasteiger partial charge in [0.25, 0.3) is 0 Å². The molecule has 0 spiro atoms. The zero-order valence-corrected chi connectivity index (χ0v) is 15.3. The Morgan fingerprint density at radius 1 is 1.00 bits per heavy atom. The maximum absolute atomic E-state index is 12.6. The highest BCUT2D eigenvalue weighted by molar-refractivity contribution is 6.24. The Balaban J connectivity index is 1.69. The van der Waals surface area contributed by atoms with Crippen LogP contribution in [0.25, 0.3) is 10.9 Å². The molecular formula is C20H18F2N4O3. The van der Waals surface area contributed by atoms with Gasteiger partial charge in [-0.15, -0.1) is 0 Å². The minimum absolute atomic E-state index is 0.0600. The summed E-state index contributed by atoms with van der Waals surface area (Å²) in [5.41, 5.74) is 1.45. The first-order chi connectivity index (χ1) is 13.8. The molecule has 150 valence electrons. The highest BCUT2D eigenvalue weighted by atomic mass is 19.3. The second-order valence-corrected chi connectivity index (χ2v) is 6.28. The molecule has 0 saturated carbocycles. The fourth-order valence-electron chi connectivity index (χ4n) is 2.79. The van der Waals surface area contributed by atoms with E-state index in [-0.39, 0.29) is 17.1 Å². The molecular weight excluding hydrogens is 382 g/mol. The molecule has 1 atom stereocenters. The fourth-order valence-corrected chi connectivity index (χ4v) is 2.79. The number of alkyl halides is 2. The molecule has 1 heterocycles. The third-order valence-electron chi connectivity index (χ3n) is 4.13. The maximum atomic E-state index is 12.6. The molecule has 0 bridgehead atoms. The van der Waals surface area contributed by atoms with E-state index in [1.54, 1.807) is 18.3 Å². The lowest BCUT2D eigenvalue weighted by Crippen LogP contribution is -2.38. The number of hydrogen-bond acceptors (Lipinski definition) is 4. The summed E-state index contributed by atoms with van der Waals surface area (Å²) in [6, 6.07) is 12.4. The summed E-state index contributed by atoms with van der Waals surface area (Å²) >= 11 is 0. The van der Waals surface area contributed by atoms with Gasteiger partial charge in [-0.1, -0.05) is 6.07 Å². The Morgan fingerprint density at radius 2 is 1.62 bits per heavy atom. The molecule has 1 unspecified atom stereocenters. The number of amides is 2. The number of carbonyl (C=O) groups is 2. The van der Waals surface area contributed by atoms with Crippen molar-refractivity contribution in [3.63, 3.8) is 0 Å². The monoisotopic (exact) mass is 400 g/mol. The van der Waals surface area contributed by atoms with Crippen LogP contribution in [0.2, 0.25) is 0 Å². The molecule has 2 aromatic carbocycles. The van der Waals surface area contributed by atoms with Gasteiger partial charge in [-0.05, 0) is 54.8 Å². The number of benzene rings is 2. The van der Waals surface area contributed by atoms with E-state index in [1.165, 1.54) is 31.2 Å². The third kappa shape index (κ3) is 4.95. The van der Waals surface area contributed by atoms with Gasteiger partial charge in [0.05, 0.1) is 0 Å². The molecule has 2 amide bonds. The lowest BCUT2D eigenvalue weighted by molar-refractivity contribution is -0.126. The molecule has 4 N–H and O–H groups in total. The van der Waals surface area contributed by atoms with Crippen molar-refractivity contribution >= 4 is 39.8 Å². The van der Waals surface area contributed by atoms with Crippen LogP contribution in [0.15, 0.2) is 54.7 Å². The van der Waals surface area contributed by atoms with Crippen LogP contribution < -0.4 is 15.4 Å². The molecule has 1 aromatic heterocycles. The number of anilines is 2. The predicted molar refractivity (Wildman–Crippen MR) is 106 cm³/mol. The number of ether oxygens (including phenoxy) is 1. The average molecular weight is 400 g/mol. The zero-order valence-electron chi connectivity index (χ0n) is 15.3. The molecule has 0 aliphatic rings. The summed E-state index contributed by atoms with van der Waals surface area (Å²) in [5.74, 6) is -2.78. The molecule has 29 heavy (non-hydrogen) atoms. The number of aromatic amines is 1. The van der Waals surface area contributed by atoms with E-state index >= 15 is 0 Å². The van der Waals surface area contributed by atoms with E-state index in [1.807, 2.05) is 12.1 Å². The van der Waals surface area contributed by atoms with E-state index in [2.05, 4.69) is 20.4 Å². The number of rotatable bonds is 7. The van der Waals surface area contributed by atoms with Gasteiger partial charge in [-0.3, -0.25) is 9.59 Å². The Hall–Kier alpha value is -3.75.